The van der Waals surface area contributed by atoms with Crippen LogP contribution < -0.4 is 9.62 Å². The molecule has 0 radical (unpaired) electrons. The minimum Gasteiger partial charge on any atom is -0.354 e. The van der Waals surface area contributed by atoms with Gasteiger partial charge in [-0.3, -0.25) is 9.10 Å². The summed E-state index contributed by atoms with van der Waals surface area (Å²) in [5, 5.41) is 2.83. The molecule has 1 unspecified atom stereocenters. The highest BCUT2D eigenvalue weighted by Gasteiger charge is 2.21. The number of amides is 1. The summed E-state index contributed by atoms with van der Waals surface area (Å²) < 4.78 is 25.4. The molecule has 140 valence electrons. The summed E-state index contributed by atoms with van der Waals surface area (Å²) >= 11 is 0. The third-order valence-electron chi connectivity index (χ3n) is 4.29. The van der Waals surface area contributed by atoms with Gasteiger partial charge < -0.3 is 5.32 Å². The zero-order valence-corrected chi connectivity index (χ0v) is 16.3. The molecule has 1 atom stereocenters. The van der Waals surface area contributed by atoms with Gasteiger partial charge in [-0.15, -0.1) is 0 Å². The Hall–Kier alpha value is -2.34. The molecule has 0 spiro atoms. The van der Waals surface area contributed by atoms with Crippen LogP contribution in [-0.4, -0.2) is 33.7 Å². The zero-order chi connectivity index (χ0) is 19.2. The Bertz CT molecular complexity index is 818. The number of hydrogen-bond donors (Lipinski definition) is 1. The molecule has 1 amide bonds. The van der Waals surface area contributed by atoms with E-state index in [2.05, 4.69) is 5.32 Å². The average Bonchev–Trinajstić information content (AvgIpc) is 2.64. The van der Waals surface area contributed by atoms with E-state index < -0.39 is 10.0 Å². The lowest BCUT2D eigenvalue weighted by Crippen LogP contribution is -2.41. The zero-order valence-electron chi connectivity index (χ0n) is 15.5. The fraction of sp³-hybridized carbons (Fsp3) is 0.350. The summed E-state index contributed by atoms with van der Waals surface area (Å²) in [5.74, 6) is -0.173. The van der Waals surface area contributed by atoms with Crippen LogP contribution in [-0.2, 0) is 21.2 Å². The fourth-order valence-electron chi connectivity index (χ4n) is 2.65. The third-order valence-corrected chi connectivity index (χ3v) is 5.43. The van der Waals surface area contributed by atoms with E-state index in [1.807, 2.05) is 56.3 Å². The largest absolute Gasteiger partial charge is 0.354 e. The van der Waals surface area contributed by atoms with Gasteiger partial charge in [0.05, 0.1) is 11.9 Å². The molecule has 2 aromatic rings. The van der Waals surface area contributed by atoms with Crippen molar-refractivity contribution in [3.8, 4) is 0 Å². The van der Waals surface area contributed by atoms with E-state index >= 15 is 0 Å². The predicted octanol–water partition coefficient (Wildman–Crippen LogP) is 2.93. The van der Waals surface area contributed by atoms with Gasteiger partial charge in [0, 0.05) is 6.54 Å². The molecule has 1 N–H and O–H groups in total. The Morgan fingerprint density at radius 1 is 1.08 bits per heavy atom. The number of rotatable bonds is 8. The first-order valence-corrected chi connectivity index (χ1v) is 10.5. The van der Waals surface area contributed by atoms with E-state index in [1.54, 1.807) is 12.1 Å². The fourth-order valence-corrected chi connectivity index (χ4v) is 3.51. The molecule has 0 heterocycles. The van der Waals surface area contributed by atoms with Crippen LogP contribution in [0, 0.1) is 0 Å². The monoisotopic (exact) mass is 374 g/mol. The van der Waals surface area contributed by atoms with Gasteiger partial charge in [-0.05, 0) is 35.6 Å². The van der Waals surface area contributed by atoms with Crippen LogP contribution >= 0.6 is 0 Å². The van der Waals surface area contributed by atoms with Gasteiger partial charge in [-0.2, -0.15) is 0 Å². The Morgan fingerprint density at radius 3 is 2.23 bits per heavy atom. The van der Waals surface area contributed by atoms with Gasteiger partial charge in [-0.25, -0.2) is 8.42 Å². The Labute approximate surface area is 156 Å². The van der Waals surface area contributed by atoms with Gasteiger partial charge in [0.1, 0.15) is 6.54 Å². The predicted molar refractivity (Wildman–Crippen MR) is 106 cm³/mol. The first-order valence-electron chi connectivity index (χ1n) is 8.69. The van der Waals surface area contributed by atoms with Crippen molar-refractivity contribution in [2.45, 2.75) is 26.2 Å². The first kappa shape index (κ1) is 20.0. The lowest BCUT2D eigenvalue weighted by Gasteiger charge is -2.22. The van der Waals surface area contributed by atoms with Crippen molar-refractivity contribution in [3.63, 3.8) is 0 Å². The van der Waals surface area contributed by atoms with Crippen LogP contribution in [0.5, 0.6) is 0 Å². The number of nitrogens with one attached hydrogen (secondary N) is 1. The summed E-state index contributed by atoms with van der Waals surface area (Å²) in [7, 11) is -3.55. The van der Waals surface area contributed by atoms with Crippen LogP contribution in [0.15, 0.2) is 54.6 Å². The third kappa shape index (κ3) is 5.59. The van der Waals surface area contributed by atoms with Gasteiger partial charge in [-0.1, -0.05) is 56.3 Å². The molecule has 26 heavy (non-hydrogen) atoms. The number of sulfonamides is 1. The maximum atomic E-state index is 12.3. The van der Waals surface area contributed by atoms with Gasteiger partial charge in [0.2, 0.25) is 15.9 Å². The second kappa shape index (κ2) is 8.85. The van der Waals surface area contributed by atoms with E-state index in [0.717, 1.165) is 28.1 Å². The van der Waals surface area contributed by atoms with Crippen LogP contribution in [0.2, 0.25) is 0 Å². The number of benzene rings is 2. The number of anilines is 1. The number of hydrogen-bond acceptors (Lipinski definition) is 3. The maximum absolute atomic E-state index is 12.3. The molecular formula is C20H26N2O3S. The van der Waals surface area contributed by atoms with E-state index in [0.29, 0.717) is 12.2 Å². The molecular weight excluding hydrogens is 348 g/mol. The van der Waals surface area contributed by atoms with E-state index in [-0.39, 0.29) is 18.4 Å². The van der Waals surface area contributed by atoms with Gasteiger partial charge in [0.15, 0.2) is 0 Å². The molecule has 0 saturated heterocycles. The highest BCUT2D eigenvalue weighted by Crippen LogP contribution is 2.18. The summed E-state index contributed by atoms with van der Waals surface area (Å²) in [6.07, 6.45) is 1.98. The maximum Gasteiger partial charge on any atom is 0.240 e. The van der Waals surface area contributed by atoms with Crippen LogP contribution in [0.25, 0.3) is 0 Å². The van der Waals surface area contributed by atoms with E-state index in [4.69, 9.17) is 0 Å². The Kier molecular flexibility index (Phi) is 6.80. The molecule has 0 bridgehead atoms. The second-order valence-electron chi connectivity index (χ2n) is 6.41. The molecule has 0 aliphatic carbocycles. The molecule has 0 fully saturated rings. The highest BCUT2D eigenvalue weighted by molar-refractivity contribution is 7.92. The topological polar surface area (TPSA) is 66.5 Å². The normalized spacial score (nSPS) is 12.4. The first-order chi connectivity index (χ1) is 12.3. The molecule has 0 aliphatic heterocycles. The summed E-state index contributed by atoms with van der Waals surface area (Å²) in [6.45, 7) is 4.28. The molecule has 2 rings (SSSR count). The van der Waals surface area contributed by atoms with Crippen molar-refractivity contribution in [2.75, 3.05) is 23.7 Å². The van der Waals surface area contributed by atoms with Crippen LogP contribution in [0.3, 0.4) is 0 Å². The highest BCUT2D eigenvalue weighted by atomic mass is 32.2. The van der Waals surface area contributed by atoms with Crippen molar-refractivity contribution in [2.24, 2.45) is 0 Å². The van der Waals surface area contributed by atoms with Crippen molar-refractivity contribution >= 4 is 21.6 Å². The van der Waals surface area contributed by atoms with Crippen LogP contribution in [0.4, 0.5) is 5.69 Å². The van der Waals surface area contributed by atoms with Crippen LogP contribution in [0.1, 0.15) is 30.9 Å². The molecule has 0 saturated carbocycles. The van der Waals surface area contributed by atoms with Crippen molar-refractivity contribution in [1.82, 2.24) is 5.32 Å². The number of carbonyl (C=O) groups excluding carboxylic acids is 1. The number of carbonyl (C=O) groups is 1. The molecule has 6 heteroatoms. The molecule has 5 nitrogen and oxygen atoms in total. The van der Waals surface area contributed by atoms with Crippen molar-refractivity contribution < 1.29 is 13.2 Å². The SMILES string of the molecule is CCc1ccc(N(CC(=O)NCC(C)c2ccccc2)S(C)(=O)=O)cc1. The average molecular weight is 375 g/mol. The van der Waals surface area contributed by atoms with Crippen molar-refractivity contribution in [3.05, 3.63) is 65.7 Å². The van der Waals surface area contributed by atoms with Gasteiger partial charge >= 0.3 is 0 Å². The standard InChI is InChI=1S/C20H26N2O3S/c1-4-17-10-12-19(13-11-17)22(26(3,24)25)15-20(23)21-14-16(2)18-8-6-5-7-9-18/h5-13,16H,4,14-15H2,1-3H3,(H,21,23). The lowest BCUT2D eigenvalue weighted by atomic mass is 10.0. The van der Waals surface area contributed by atoms with E-state index in [9.17, 15) is 13.2 Å². The molecule has 0 aromatic heterocycles. The quantitative estimate of drug-likeness (QED) is 0.772. The van der Waals surface area contributed by atoms with Crippen molar-refractivity contribution in [1.29, 1.82) is 0 Å². The lowest BCUT2D eigenvalue weighted by molar-refractivity contribution is -0.119. The Balaban J connectivity index is 2.02. The van der Waals surface area contributed by atoms with E-state index in [1.165, 1.54) is 0 Å². The van der Waals surface area contributed by atoms with Gasteiger partial charge in [0.25, 0.3) is 0 Å². The minimum atomic E-state index is -3.55. The second-order valence-corrected chi connectivity index (χ2v) is 8.31. The number of nitrogens with zero attached hydrogens (tertiary/aromatic N) is 1. The Morgan fingerprint density at radius 2 is 1.69 bits per heavy atom. The molecule has 0 aliphatic rings. The smallest absolute Gasteiger partial charge is 0.240 e. The number of aryl methyl sites for hydroxylation is 1. The summed E-state index contributed by atoms with van der Waals surface area (Å²) in [6, 6.07) is 17.1. The minimum absolute atomic E-state index is 0.149. The summed E-state index contributed by atoms with van der Waals surface area (Å²) in [4.78, 5) is 12.3. The summed E-state index contributed by atoms with van der Waals surface area (Å²) in [5.41, 5.74) is 2.74. The molecule has 2 aromatic carbocycles.